The minimum atomic E-state index is -0.768. The molecular formula is C13H12N2O2. The molecule has 0 spiro atoms. The molecular weight excluding hydrogens is 216 g/mol. The van der Waals surface area contributed by atoms with Gasteiger partial charge in [0.15, 0.2) is 0 Å². The molecule has 1 aliphatic rings. The second-order valence-electron chi connectivity index (χ2n) is 4.21. The van der Waals surface area contributed by atoms with Crippen LogP contribution in [-0.2, 0) is 17.8 Å². The lowest BCUT2D eigenvalue weighted by molar-refractivity contribution is -0.136. The van der Waals surface area contributed by atoms with Gasteiger partial charge in [0.05, 0.1) is 13.0 Å². The van der Waals surface area contributed by atoms with Crippen LogP contribution in [-0.4, -0.2) is 20.6 Å². The highest BCUT2D eigenvalue weighted by Gasteiger charge is 2.21. The molecule has 0 saturated carbocycles. The first-order valence-electron chi connectivity index (χ1n) is 5.60. The van der Waals surface area contributed by atoms with Crippen molar-refractivity contribution in [3.8, 4) is 11.4 Å². The quantitative estimate of drug-likeness (QED) is 0.745. The van der Waals surface area contributed by atoms with Crippen molar-refractivity contribution in [2.45, 2.75) is 19.4 Å². The average molecular weight is 228 g/mol. The summed E-state index contributed by atoms with van der Waals surface area (Å²) in [5.41, 5.74) is 3.42. The van der Waals surface area contributed by atoms with E-state index in [9.17, 15) is 4.79 Å². The molecule has 0 unspecified atom stereocenters. The van der Waals surface area contributed by atoms with Crippen molar-refractivity contribution in [3.63, 3.8) is 0 Å². The molecule has 3 rings (SSSR count). The zero-order valence-electron chi connectivity index (χ0n) is 9.26. The molecule has 4 nitrogen and oxygen atoms in total. The summed E-state index contributed by atoms with van der Waals surface area (Å²) in [5.74, 6) is 0.192. The van der Waals surface area contributed by atoms with E-state index in [1.165, 1.54) is 5.56 Å². The predicted octanol–water partition coefficient (Wildman–Crippen LogP) is 1.93. The number of aliphatic carboxylic acids is 1. The SMILES string of the molecule is O=C(O)CCc1cnc2n1Cc1ccccc1-2. The van der Waals surface area contributed by atoms with E-state index in [2.05, 4.69) is 21.7 Å². The zero-order valence-corrected chi connectivity index (χ0v) is 9.26. The summed E-state index contributed by atoms with van der Waals surface area (Å²) in [5, 5.41) is 8.70. The van der Waals surface area contributed by atoms with Gasteiger partial charge in [-0.25, -0.2) is 4.98 Å². The van der Waals surface area contributed by atoms with Gasteiger partial charge in [0.1, 0.15) is 5.82 Å². The van der Waals surface area contributed by atoms with E-state index in [4.69, 9.17) is 5.11 Å². The van der Waals surface area contributed by atoms with Gasteiger partial charge in [-0.1, -0.05) is 24.3 Å². The van der Waals surface area contributed by atoms with Gasteiger partial charge >= 0.3 is 5.97 Å². The zero-order chi connectivity index (χ0) is 11.8. The van der Waals surface area contributed by atoms with E-state index < -0.39 is 5.97 Å². The first-order chi connectivity index (χ1) is 8.25. The Bertz CT molecular complexity index is 587. The van der Waals surface area contributed by atoms with Crippen LogP contribution in [0.5, 0.6) is 0 Å². The number of aromatic nitrogens is 2. The second kappa shape index (κ2) is 3.73. The second-order valence-corrected chi connectivity index (χ2v) is 4.21. The normalized spacial score (nSPS) is 12.2. The predicted molar refractivity (Wildman–Crippen MR) is 62.7 cm³/mol. The molecule has 1 aromatic carbocycles. The number of benzene rings is 1. The summed E-state index contributed by atoms with van der Waals surface area (Å²) >= 11 is 0. The van der Waals surface area contributed by atoms with Crippen LogP contribution < -0.4 is 0 Å². The molecule has 1 aromatic heterocycles. The summed E-state index contributed by atoms with van der Waals surface area (Å²) in [4.78, 5) is 15.0. The van der Waals surface area contributed by atoms with Crippen LogP contribution in [0.3, 0.4) is 0 Å². The summed E-state index contributed by atoms with van der Waals surface area (Å²) in [6.07, 6.45) is 2.48. The smallest absolute Gasteiger partial charge is 0.303 e. The Labute approximate surface area is 98.5 Å². The molecule has 2 heterocycles. The summed E-state index contributed by atoms with van der Waals surface area (Å²) < 4.78 is 2.10. The Morgan fingerprint density at radius 1 is 1.41 bits per heavy atom. The number of carbonyl (C=O) groups is 1. The van der Waals surface area contributed by atoms with E-state index in [-0.39, 0.29) is 6.42 Å². The Morgan fingerprint density at radius 2 is 2.24 bits per heavy atom. The lowest BCUT2D eigenvalue weighted by atomic mass is 10.1. The topological polar surface area (TPSA) is 55.1 Å². The van der Waals surface area contributed by atoms with E-state index >= 15 is 0 Å². The van der Waals surface area contributed by atoms with Gasteiger partial charge in [0, 0.05) is 17.5 Å². The van der Waals surface area contributed by atoms with Gasteiger partial charge in [-0.15, -0.1) is 0 Å². The maximum absolute atomic E-state index is 10.6. The van der Waals surface area contributed by atoms with Crippen molar-refractivity contribution in [1.29, 1.82) is 0 Å². The van der Waals surface area contributed by atoms with Crippen LogP contribution >= 0.6 is 0 Å². The lowest BCUT2D eigenvalue weighted by Gasteiger charge is -2.02. The molecule has 4 heteroatoms. The minimum absolute atomic E-state index is 0.154. The van der Waals surface area contributed by atoms with E-state index in [1.54, 1.807) is 6.20 Å². The molecule has 0 atom stereocenters. The van der Waals surface area contributed by atoms with E-state index in [0.717, 1.165) is 23.6 Å². The lowest BCUT2D eigenvalue weighted by Crippen LogP contribution is -2.03. The van der Waals surface area contributed by atoms with Crippen molar-refractivity contribution < 1.29 is 9.90 Å². The molecule has 0 amide bonds. The molecule has 86 valence electrons. The largest absolute Gasteiger partial charge is 0.481 e. The van der Waals surface area contributed by atoms with Crippen molar-refractivity contribution in [2.24, 2.45) is 0 Å². The first kappa shape index (κ1) is 10.1. The highest BCUT2D eigenvalue weighted by atomic mass is 16.4. The average Bonchev–Trinajstić information content (AvgIpc) is 2.85. The summed E-state index contributed by atoms with van der Waals surface area (Å²) in [6, 6.07) is 8.16. The van der Waals surface area contributed by atoms with Gasteiger partial charge in [-0.3, -0.25) is 4.79 Å². The fourth-order valence-corrected chi connectivity index (χ4v) is 2.28. The highest BCUT2D eigenvalue weighted by Crippen LogP contribution is 2.31. The fraction of sp³-hybridized carbons (Fsp3) is 0.231. The van der Waals surface area contributed by atoms with Crippen molar-refractivity contribution in [2.75, 3.05) is 0 Å². The van der Waals surface area contributed by atoms with Gasteiger partial charge in [0.2, 0.25) is 0 Å². The molecule has 0 radical (unpaired) electrons. The third-order valence-corrected chi connectivity index (χ3v) is 3.12. The molecule has 1 N–H and O–H groups in total. The Kier molecular flexibility index (Phi) is 2.21. The molecule has 0 saturated heterocycles. The number of carboxylic acids is 1. The standard InChI is InChI=1S/C13H12N2O2/c16-12(17)6-5-10-7-14-13-11-4-2-1-3-9(11)8-15(10)13/h1-4,7H,5-6,8H2,(H,16,17). The van der Waals surface area contributed by atoms with Crippen LogP contribution in [0.25, 0.3) is 11.4 Å². The van der Waals surface area contributed by atoms with E-state index in [0.29, 0.717) is 6.42 Å². The van der Waals surface area contributed by atoms with Crippen LogP contribution in [0.2, 0.25) is 0 Å². The minimum Gasteiger partial charge on any atom is -0.481 e. The number of imidazole rings is 1. The summed E-state index contributed by atoms with van der Waals surface area (Å²) in [6.45, 7) is 0.806. The molecule has 0 aliphatic carbocycles. The molecule has 0 bridgehead atoms. The number of rotatable bonds is 3. The third kappa shape index (κ3) is 1.62. The van der Waals surface area contributed by atoms with Gasteiger partial charge in [-0.05, 0) is 12.0 Å². The van der Waals surface area contributed by atoms with E-state index in [1.807, 2.05) is 12.1 Å². The van der Waals surface area contributed by atoms with Crippen LogP contribution in [0.15, 0.2) is 30.5 Å². The third-order valence-electron chi connectivity index (χ3n) is 3.12. The fourth-order valence-electron chi connectivity index (χ4n) is 2.28. The van der Waals surface area contributed by atoms with Crippen LogP contribution in [0.4, 0.5) is 0 Å². The molecule has 17 heavy (non-hydrogen) atoms. The van der Waals surface area contributed by atoms with Gasteiger partial charge in [0.25, 0.3) is 0 Å². The Hall–Kier alpha value is -2.10. The van der Waals surface area contributed by atoms with Gasteiger partial charge < -0.3 is 9.67 Å². The number of fused-ring (bicyclic) bond motifs is 3. The van der Waals surface area contributed by atoms with Crippen molar-refractivity contribution in [1.82, 2.24) is 9.55 Å². The molecule has 0 fully saturated rings. The molecule has 1 aliphatic heterocycles. The highest BCUT2D eigenvalue weighted by molar-refractivity contribution is 5.68. The number of hydrogen-bond donors (Lipinski definition) is 1. The number of aryl methyl sites for hydroxylation is 1. The maximum Gasteiger partial charge on any atom is 0.303 e. The van der Waals surface area contributed by atoms with Gasteiger partial charge in [-0.2, -0.15) is 0 Å². The van der Waals surface area contributed by atoms with Crippen LogP contribution in [0, 0.1) is 0 Å². The summed E-state index contributed by atoms with van der Waals surface area (Å²) in [7, 11) is 0. The number of carboxylic acid groups (broad SMARTS) is 1. The first-order valence-corrected chi connectivity index (χ1v) is 5.60. The monoisotopic (exact) mass is 228 g/mol. The number of hydrogen-bond acceptors (Lipinski definition) is 2. The Balaban J connectivity index is 1.94. The van der Waals surface area contributed by atoms with Crippen LogP contribution in [0.1, 0.15) is 17.7 Å². The maximum atomic E-state index is 10.6. The van der Waals surface area contributed by atoms with Crippen molar-refractivity contribution >= 4 is 5.97 Å². The molecule has 2 aromatic rings. The Morgan fingerprint density at radius 3 is 3.06 bits per heavy atom. The van der Waals surface area contributed by atoms with Crippen molar-refractivity contribution in [3.05, 3.63) is 41.7 Å². The number of nitrogens with zero attached hydrogens (tertiary/aromatic N) is 2.